The first-order chi connectivity index (χ1) is 9.61. The minimum absolute atomic E-state index is 0.0214. The zero-order chi connectivity index (χ0) is 14.5. The summed E-state index contributed by atoms with van der Waals surface area (Å²) in [4.78, 5) is 12.4. The predicted molar refractivity (Wildman–Crippen MR) is 83.4 cm³/mol. The van der Waals surface area contributed by atoms with Crippen LogP contribution in [0.1, 0.15) is 31.2 Å². The van der Waals surface area contributed by atoms with Gasteiger partial charge in [0.05, 0.1) is 6.61 Å². The van der Waals surface area contributed by atoms with Crippen LogP contribution in [0.15, 0.2) is 22.7 Å². The van der Waals surface area contributed by atoms with E-state index in [9.17, 15) is 4.79 Å². The van der Waals surface area contributed by atoms with E-state index in [1.807, 2.05) is 18.2 Å². The van der Waals surface area contributed by atoms with E-state index >= 15 is 0 Å². The third-order valence-corrected chi connectivity index (χ3v) is 4.49. The number of halogens is 1. The molecule has 0 aromatic heterocycles. The van der Waals surface area contributed by atoms with Crippen LogP contribution in [0.3, 0.4) is 0 Å². The van der Waals surface area contributed by atoms with Gasteiger partial charge in [0.1, 0.15) is 0 Å². The molecule has 5 heteroatoms. The summed E-state index contributed by atoms with van der Waals surface area (Å²) in [6, 6.07) is 5.91. The molecular weight excluding hydrogens is 320 g/mol. The third kappa shape index (κ3) is 3.81. The maximum Gasteiger partial charge on any atom is 0.227 e. The minimum atomic E-state index is 0.0214. The van der Waals surface area contributed by atoms with Crippen molar-refractivity contribution in [3.05, 3.63) is 28.2 Å². The zero-order valence-electron chi connectivity index (χ0n) is 11.7. The van der Waals surface area contributed by atoms with Gasteiger partial charge in [-0.1, -0.05) is 28.4 Å². The lowest BCUT2D eigenvalue weighted by molar-refractivity contribution is -0.120. The summed E-state index contributed by atoms with van der Waals surface area (Å²) in [7, 11) is 1.64. The summed E-state index contributed by atoms with van der Waals surface area (Å²) in [5, 5.41) is 3.02. The number of ether oxygens (including phenoxy) is 1. The lowest BCUT2D eigenvalue weighted by Crippen LogP contribution is -2.34. The van der Waals surface area contributed by atoms with Crippen molar-refractivity contribution in [2.24, 2.45) is 11.7 Å². The SMILES string of the molecule is COCc1c(Br)cccc1NC(=O)C1CCCC(N)C1. The molecule has 1 saturated carbocycles. The molecular formula is C15H21BrN2O2. The van der Waals surface area contributed by atoms with Gasteiger partial charge >= 0.3 is 0 Å². The largest absolute Gasteiger partial charge is 0.380 e. The highest BCUT2D eigenvalue weighted by Gasteiger charge is 2.25. The molecule has 0 heterocycles. The number of nitrogens with one attached hydrogen (secondary N) is 1. The van der Waals surface area contributed by atoms with Crippen molar-refractivity contribution in [2.75, 3.05) is 12.4 Å². The molecule has 1 aromatic rings. The van der Waals surface area contributed by atoms with Gasteiger partial charge < -0.3 is 15.8 Å². The summed E-state index contributed by atoms with van der Waals surface area (Å²) < 4.78 is 6.13. The average molecular weight is 341 g/mol. The molecule has 2 atom stereocenters. The van der Waals surface area contributed by atoms with Crippen LogP contribution in [0.2, 0.25) is 0 Å². The average Bonchev–Trinajstić information content (AvgIpc) is 2.42. The number of methoxy groups -OCH3 is 1. The van der Waals surface area contributed by atoms with Gasteiger partial charge in [-0.3, -0.25) is 4.79 Å². The summed E-state index contributed by atoms with van der Waals surface area (Å²) in [6.45, 7) is 0.460. The fourth-order valence-electron chi connectivity index (χ4n) is 2.67. The molecule has 0 aliphatic heterocycles. The van der Waals surface area contributed by atoms with Crippen LogP contribution in [-0.2, 0) is 16.1 Å². The van der Waals surface area contributed by atoms with E-state index in [0.29, 0.717) is 6.61 Å². The van der Waals surface area contributed by atoms with Crippen LogP contribution in [0.25, 0.3) is 0 Å². The first kappa shape index (κ1) is 15.5. The van der Waals surface area contributed by atoms with Crippen LogP contribution in [0.4, 0.5) is 5.69 Å². The lowest BCUT2D eigenvalue weighted by Gasteiger charge is -2.26. The Morgan fingerprint density at radius 3 is 3.00 bits per heavy atom. The Balaban J connectivity index is 2.09. The summed E-state index contributed by atoms with van der Waals surface area (Å²) in [5.74, 6) is 0.0868. The fourth-order valence-corrected chi connectivity index (χ4v) is 3.15. The normalized spacial score (nSPS) is 22.6. The van der Waals surface area contributed by atoms with Crippen LogP contribution in [-0.4, -0.2) is 19.1 Å². The van der Waals surface area contributed by atoms with Crippen molar-refractivity contribution in [1.82, 2.24) is 0 Å². The lowest BCUT2D eigenvalue weighted by atomic mass is 9.85. The van der Waals surface area contributed by atoms with Crippen molar-refractivity contribution in [1.29, 1.82) is 0 Å². The first-order valence-corrected chi connectivity index (χ1v) is 7.74. The number of rotatable bonds is 4. The molecule has 2 unspecified atom stereocenters. The van der Waals surface area contributed by atoms with Crippen molar-refractivity contribution >= 4 is 27.5 Å². The zero-order valence-corrected chi connectivity index (χ0v) is 13.3. The molecule has 0 saturated heterocycles. The maximum atomic E-state index is 12.4. The Labute approximate surface area is 128 Å². The molecule has 1 amide bonds. The predicted octanol–water partition coefficient (Wildman–Crippen LogP) is 3.05. The molecule has 20 heavy (non-hydrogen) atoms. The Bertz CT molecular complexity index is 479. The summed E-state index contributed by atoms with van der Waals surface area (Å²) in [5.41, 5.74) is 7.72. The van der Waals surface area contributed by atoms with Crippen molar-refractivity contribution < 1.29 is 9.53 Å². The van der Waals surface area contributed by atoms with E-state index in [1.165, 1.54) is 0 Å². The van der Waals surface area contributed by atoms with Crippen molar-refractivity contribution in [2.45, 2.75) is 38.3 Å². The van der Waals surface area contributed by atoms with Crippen molar-refractivity contribution in [3.8, 4) is 0 Å². The third-order valence-electron chi connectivity index (χ3n) is 3.75. The highest BCUT2D eigenvalue weighted by atomic mass is 79.9. The second-order valence-corrected chi connectivity index (χ2v) is 6.17. The number of hydrogen-bond donors (Lipinski definition) is 2. The molecule has 3 N–H and O–H groups in total. The number of hydrogen-bond acceptors (Lipinski definition) is 3. The number of amides is 1. The van der Waals surface area contributed by atoms with Crippen LogP contribution >= 0.6 is 15.9 Å². The van der Waals surface area contributed by atoms with Crippen molar-refractivity contribution in [3.63, 3.8) is 0 Å². The quantitative estimate of drug-likeness (QED) is 0.885. The molecule has 2 rings (SSSR count). The summed E-state index contributed by atoms with van der Waals surface area (Å²) in [6.07, 6.45) is 3.75. The van der Waals surface area contributed by atoms with Gasteiger partial charge in [-0.15, -0.1) is 0 Å². The maximum absolute atomic E-state index is 12.4. The van der Waals surface area contributed by atoms with E-state index in [2.05, 4.69) is 21.2 Å². The van der Waals surface area contributed by atoms with Gasteiger partial charge in [0.2, 0.25) is 5.91 Å². The minimum Gasteiger partial charge on any atom is -0.380 e. The second-order valence-electron chi connectivity index (χ2n) is 5.31. The van der Waals surface area contributed by atoms with E-state index in [0.717, 1.165) is 41.4 Å². The Kier molecular flexibility index (Phi) is 5.57. The molecule has 0 spiro atoms. The monoisotopic (exact) mass is 340 g/mol. The first-order valence-electron chi connectivity index (χ1n) is 6.94. The highest BCUT2D eigenvalue weighted by Crippen LogP contribution is 2.28. The highest BCUT2D eigenvalue weighted by molar-refractivity contribution is 9.10. The standard InChI is InChI=1S/C15H21BrN2O2/c1-20-9-12-13(16)6-3-7-14(12)18-15(19)10-4-2-5-11(17)8-10/h3,6-7,10-11H,2,4-5,8-9,17H2,1H3,(H,18,19). The topological polar surface area (TPSA) is 64.3 Å². The van der Waals surface area contributed by atoms with Gasteiger partial charge in [-0.05, 0) is 31.4 Å². The van der Waals surface area contributed by atoms with Gasteiger partial charge in [-0.2, -0.15) is 0 Å². The Hall–Kier alpha value is -0.910. The smallest absolute Gasteiger partial charge is 0.227 e. The molecule has 1 aliphatic carbocycles. The van der Waals surface area contributed by atoms with Crippen LogP contribution in [0, 0.1) is 5.92 Å². The Morgan fingerprint density at radius 1 is 1.50 bits per heavy atom. The van der Waals surface area contributed by atoms with Gasteiger partial charge in [0.15, 0.2) is 0 Å². The van der Waals surface area contributed by atoms with Gasteiger partial charge in [-0.25, -0.2) is 0 Å². The van der Waals surface area contributed by atoms with E-state index in [-0.39, 0.29) is 17.9 Å². The van der Waals surface area contributed by atoms with Gasteiger partial charge in [0, 0.05) is 34.8 Å². The fraction of sp³-hybridized carbons (Fsp3) is 0.533. The molecule has 1 aliphatic rings. The molecule has 4 nitrogen and oxygen atoms in total. The van der Waals surface area contributed by atoms with E-state index in [4.69, 9.17) is 10.5 Å². The number of benzene rings is 1. The van der Waals surface area contributed by atoms with Crippen LogP contribution in [0.5, 0.6) is 0 Å². The summed E-state index contributed by atoms with van der Waals surface area (Å²) >= 11 is 3.49. The van der Waals surface area contributed by atoms with Gasteiger partial charge in [0.25, 0.3) is 0 Å². The van der Waals surface area contributed by atoms with Crippen LogP contribution < -0.4 is 11.1 Å². The molecule has 1 fully saturated rings. The number of carbonyl (C=O) groups is 1. The van der Waals surface area contributed by atoms with E-state index in [1.54, 1.807) is 7.11 Å². The molecule has 0 bridgehead atoms. The molecule has 110 valence electrons. The molecule has 1 aromatic carbocycles. The van der Waals surface area contributed by atoms with E-state index < -0.39 is 0 Å². The molecule has 0 radical (unpaired) electrons. The number of nitrogens with two attached hydrogens (primary N) is 1. The number of anilines is 1. The Morgan fingerprint density at radius 2 is 2.30 bits per heavy atom. The number of carbonyl (C=O) groups excluding carboxylic acids is 1. The second kappa shape index (κ2) is 7.20.